The van der Waals surface area contributed by atoms with E-state index in [2.05, 4.69) is 46.5 Å². The van der Waals surface area contributed by atoms with Crippen molar-refractivity contribution in [2.45, 2.75) is 59.9 Å². The van der Waals surface area contributed by atoms with Crippen molar-refractivity contribution in [2.24, 2.45) is 16.3 Å². The van der Waals surface area contributed by atoms with Gasteiger partial charge in [-0.05, 0) is 38.2 Å². The van der Waals surface area contributed by atoms with Gasteiger partial charge in [-0.25, -0.2) is 4.99 Å². The maximum absolute atomic E-state index is 12.8. The first kappa shape index (κ1) is 13.3. The molecule has 0 aliphatic carbocycles. The third kappa shape index (κ3) is 2.11. The molecule has 18 heavy (non-hydrogen) atoms. The van der Waals surface area contributed by atoms with E-state index in [0.717, 1.165) is 18.7 Å². The Morgan fingerprint density at radius 1 is 1.22 bits per heavy atom. The SMILES string of the molecule is CC(C)(C)C1CC2=C(N=CC2)N(C(C)(C)C)C1=O. The van der Waals surface area contributed by atoms with Gasteiger partial charge in [-0.3, -0.25) is 9.69 Å². The van der Waals surface area contributed by atoms with Gasteiger partial charge < -0.3 is 0 Å². The summed E-state index contributed by atoms with van der Waals surface area (Å²) < 4.78 is 0. The second kappa shape index (κ2) is 3.94. The summed E-state index contributed by atoms with van der Waals surface area (Å²) in [5.74, 6) is 1.21. The first-order valence-corrected chi connectivity index (χ1v) is 6.71. The van der Waals surface area contributed by atoms with E-state index in [1.54, 1.807) is 0 Å². The Morgan fingerprint density at radius 2 is 1.83 bits per heavy atom. The van der Waals surface area contributed by atoms with Crippen LogP contribution < -0.4 is 0 Å². The van der Waals surface area contributed by atoms with Crippen molar-refractivity contribution in [3.8, 4) is 0 Å². The number of hydrogen-bond acceptors (Lipinski definition) is 2. The fourth-order valence-electron chi connectivity index (χ4n) is 2.73. The largest absolute Gasteiger partial charge is 0.291 e. The molecular formula is C15H24N2O. The number of allylic oxidation sites excluding steroid dienone is 1. The van der Waals surface area contributed by atoms with E-state index in [1.165, 1.54) is 5.57 Å². The maximum atomic E-state index is 12.8. The van der Waals surface area contributed by atoms with Crippen LogP contribution in [-0.2, 0) is 4.79 Å². The predicted octanol–water partition coefficient (Wildman–Crippen LogP) is 3.37. The Bertz CT molecular complexity index is 432. The Kier molecular flexibility index (Phi) is 2.91. The van der Waals surface area contributed by atoms with Gasteiger partial charge in [0.05, 0.1) is 0 Å². The van der Waals surface area contributed by atoms with Crippen molar-refractivity contribution in [3.63, 3.8) is 0 Å². The highest BCUT2D eigenvalue weighted by atomic mass is 16.2. The molecule has 0 N–H and O–H groups in total. The lowest BCUT2D eigenvalue weighted by molar-refractivity contribution is -0.142. The van der Waals surface area contributed by atoms with Gasteiger partial charge >= 0.3 is 0 Å². The molecule has 0 fully saturated rings. The molecule has 1 atom stereocenters. The van der Waals surface area contributed by atoms with Crippen LogP contribution in [0.25, 0.3) is 0 Å². The van der Waals surface area contributed by atoms with E-state index >= 15 is 0 Å². The third-order valence-electron chi connectivity index (χ3n) is 3.76. The lowest BCUT2D eigenvalue weighted by atomic mass is 9.74. The van der Waals surface area contributed by atoms with Gasteiger partial charge in [0.25, 0.3) is 0 Å². The van der Waals surface area contributed by atoms with Gasteiger partial charge in [0.15, 0.2) is 0 Å². The van der Waals surface area contributed by atoms with Crippen LogP contribution in [-0.4, -0.2) is 22.6 Å². The molecule has 2 rings (SSSR count). The molecule has 2 heterocycles. The van der Waals surface area contributed by atoms with Crippen molar-refractivity contribution >= 4 is 12.1 Å². The molecule has 0 aromatic rings. The van der Waals surface area contributed by atoms with E-state index in [1.807, 2.05) is 11.1 Å². The van der Waals surface area contributed by atoms with E-state index in [-0.39, 0.29) is 22.8 Å². The summed E-state index contributed by atoms with van der Waals surface area (Å²) >= 11 is 0. The summed E-state index contributed by atoms with van der Waals surface area (Å²) in [6, 6.07) is 0. The monoisotopic (exact) mass is 248 g/mol. The maximum Gasteiger partial charge on any atom is 0.232 e. The van der Waals surface area contributed by atoms with E-state index < -0.39 is 0 Å². The second-order valence-corrected chi connectivity index (χ2v) is 7.41. The van der Waals surface area contributed by atoms with E-state index in [9.17, 15) is 4.79 Å². The minimum absolute atomic E-state index is 0.00169. The van der Waals surface area contributed by atoms with Gasteiger partial charge in [-0.2, -0.15) is 0 Å². The number of amides is 1. The van der Waals surface area contributed by atoms with Crippen LogP contribution >= 0.6 is 0 Å². The number of aliphatic imine (C=N–C) groups is 1. The highest BCUT2D eigenvalue weighted by Gasteiger charge is 2.45. The average molecular weight is 248 g/mol. The standard InChI is InChI=1S/C15H24N2O/c1-14(2,3)11-9-10-7-8-16-12(10)17(13(11)18)15(4,5)6/h8,11H,7,9H2,1-6H3. The van der Waals surface area contributed by atoms with E-state index in [4.69, 9.17) is 0 Å². The topological polar surface area (TPSA) is 32.7 Å². The molecule has 1 unspecified atom stereocenters. The van der Waals surface area contributed by atoms with Crippen LogP contribution in [0.2, 0.25) is 0 Å². The van der Waals surface area contributed by atoms with Gasteiger partial charge in [-0.1, -0.05) is 20.8 Å². The molecule has 0 spiro atoms. The minimum atomic E-state index is -0.205. The highest BCUT2D eigenvalue weighted by molar-refractivity contribution is 5.86. The first-order chi connectivity index (χ1) is 8.12. The molecular weight excluding hydrogens is 224 g/mol. The van der Waals surface area contributed by atoms with Crippen LogP contribution in [0.5, 0.6) is 0 Å². The van der Waals surface area contributed by atoms with Crippen LogP contribution in [0.15, 0.2) is 16.4 Å². The smallest absolute Gasteiger partial charge is 0.232 e. The Labute approximate surface area is 110 Å². The second-order valence-electron chi connectivity index (χ2n) is 7.41. The summed E-state index contributed by atoms with van der Waals surface area (Å²) in [6.45, 7) is 12.7. The zero-order valence-electron chi connectivity index (χ0n) is 12.4. The number of carbonyl (C=O) groups excluding carboxylic acids is 1. The third-order valence-corrected chi connectivity index (χ3v) is 3.76. The van der Waals surface area contributed by atoms with Crippen LogP contribution in [0.4, 0.5) is 0 Å². The fraction of sp³-hybridized carbons (Fsp3) is 0.733. The van der Waals surface area contributed by atoms with Gasteiger partial charge in [-0.15, -0.1) is 0 Å². The molecule has 3 heteroatoms. The molecule has 0 bridgehead atoms. The average Bonchev–Trinajstić information content (AvgIpc) is 2.59. The molecule has 0 aromatic carbocycles. The highest BCUT2D eigenvalue weighted by Crippen LogP contribution is 2.43. The van der Waals surface area contributed by atoms with Gasteiger partial charge in [0.2, 0.25) is 5.91 Å². The van der Waals surface area contributed by atoms with Crippen molar-refractivity contribution in [1.82, 2.24) is 4.90 Å². The van der Waals surface area contributed by atoms with Gasteiger partial charge in [0, 0.05) is 24.1 Å². The molecule has 0 saturated heterocycles. The van der Waals surface area contributed by atoms with Crippen molar-refractivity contribution in [2.75, 3.05) is 0 Å². The van der Waals surface area contributed by atoms with Crippen molar-refractivity contribution in [1.29, 1.82) is 0 Å². The molecule has 1 amide bonds. The molecule has 100 valence electrons. The van der Waals surface area contributed by atoms with E-state index in [0.29, 0.717) is 0 Å². The molecule has 3 nitrogen and oxygen atoms in total. The van der Waals surface area contributed by atoms with Gasteiger partial charge in [0.1, 0.15) is 5.82 Å². The van der Waals surface area contributed by atoms with Crippen LogP contribution in [0, 0.1) is 11.3 Å². The molecule has 0 aromatic heterocycles. The lowest BCUT2D eigenvalue weighted by Crippen LogP contribution is -2.52. The summed E-state index contributed by atoms with van der Waals surface area (Å²) in [5, 5.41) is 0. The molecule has 2 aliphatic heterocycles. The molecule has 2 aliphatic rings. The number of rotatable bonds is 0. The quantitative estimate of drug-likeness (QED) is 0.647. The zero-order valence-corrected chi connectivity index (χ0v) is 12.4. The minimum Gasteiger partial charge on any atom is -0.291 e. The first-order valence-electron chi connectivity index (χ1n) is 6.71. The number of hydrogen-bond donors (Lipinski definition) is 0. The Morgan fingerprint density at radius 3 is 2.33 bits per heavy atom. The zero-order chi connectivity index (χ0) is 13.7. The fourth-order valence-corrected chi connectivity index (χ4v) is 2.73. The Balaban J connectivity index is 2.46. The Hall–Kier alpha value is -1.12. The van der Waals surface area contributed by atoms with Crippen LogP contribution in [0.3, 0.4) is 0 Å². The number of nitrogens with zero attached hydrogens (tertiary/aromatic N) is 2. The summed E-state index contributed by atoms with van der Waals surface area (Å²) in [5.41, 5.74) is 1.12. The van der Waals surface area contributed by atoms with Crippen molar-refractivity contribution < 1.29 is 4.79 Å². The molecule has 0 saturated carbocycles. The van der Waals surface area contributed by atoms with Crippen molar-refractivity contribution in [3.05, 3.63) is 11.4 Å². The summed E-state index contributed by atoms with van der Waals surface area (Å²) in [7, 11) is 0. The normalized spacial score (nSPS) is 24.9. The lowest BCUT2D eigenvalue weighted by Gasteiger charge is -2.44. The number of carbonyl (C=O) groups is 1. The summed E-state index contributed by atoms with van der Waals surface area (Å²) in [4.78, 5) is 19.1. The van der Waals surface area contributed by atoms with Crippen LogP contribution in [0.1, 0.15) is 54.4 Å². The summed E-state index contributed by atoms with van der Waals surface area (Å²) in [6.07, 6.45) is 3.70. The predicted molar refractivity (Wildman–Crippen MR) is 74.3 cm³/mol. The molecule has 0 radical (unpaired) electrons.